The number of anilines is 1. The van der Waals surface area contributed by atoms with E-state index in [2.05, 4.69) is 0 Å². The Morgan fingerprint density at radius 2 is 1.96 bits per heavy atom. The van der Waals surface area contributed by atoms with Crippen molar-refractivity contribution in [2.45, 2.75) is 24.9 Å². The topological polar surface area (TPSA) is 79.6 Å². The molecule has 10 heteroatoms. The standard InChI is InChI=1S/C18H17F3N2O4S/c19-18(20,21)28(25,26)22-16-6-2-1-4-15(16)11-23-8-3-5-14(17(23)24)10-13-7-9-27-12-13/h1-2,4,6-7,9-10,12,22H,3,5,8,11H2/b14-10+. The molecule has 0 atom stereocenters. The van der Waals surface area contributed by atoms with Gasteiger partial charge >= 0.3 is 15.5 Å². The van der Waals surface area contributed by atoms with Crippen LogP contribution in [-0.2, 0) is 21.4 Å². The number of furan rings is 1. The van der Waals surface area contributed by atoms with Crippen LogP contribution in [0.15, 0.2) is 52.8 Å². The third-order valence-electron chi connectivity index (χ3n) is 4.25. The van der Waals surface area contributed by atoms with Gasteiger partial charge in [0.05, 0.1) is 18.2 Å². The number of hydrogen-bond donors (Lipinski definition) is 1. The molecule has 0 spiro atoms. The average Bonchev–Trinajstić information content (AvgIpc) is 3.12. The smallest absolute Gasteiger partial charge is 0.472 e. The van der Waals surface area contributed by atoms with Crippen LogP contribution in [-0.4, -0.2) is 31.3 Å². The van der Waals surface area contributed by atoms with Gasteiger partial charge in [-0.1, -0.05) is 18.2 Å². The summed E-state index contributed by atoms with van der Waals surface area (Å²) in [6.07, 6.45) is 5.95. The van der Waals surface area contributed by atoms with Crippen LogP contribution in [0.4, 0.5) is 18.9 Å². The lowest BCUT2D eigenvalue weighted by Gasteiger charge is -2.29. The number of nitrogens with zero attached hydrogens (tertiary/aromatic N) is 1. The van der Waals surface area contributed by atoms with E-state index in [4.69, 9.17) is 4.42 Å². The number of hydrogen-bond acceptors (Lipinski definition) is 4. The van der Waals surface area contributed by atoms with E-state index in [-0.39, 0.29) is 23.7 Å². The van der Waals surface area contributed by atoms with Crippen LogP contribution >= 0.6 is 0 Å². The Hall–Kier alpha value is -2.75. The van der Waals surface area contributed by atoms with Gasteiger partial charge in [-0.3, -0.25) is 9.52 Å². The third kappa shape index (κ3) is 4.38. The number of rotatable bonds is 5. The lowest BCUT2D eigenvalue weighted by molar-refractivity contribution is -0.129. The van der Waals surface area contributed by atoms with Gasteiger partial charge in [0.15, 0.2) is 0 Å². The van der Waals surface area contributed by atoms with Crippen LogP contribution in [0.1, 0.15) is 24.0 Å². The summed E-state index contributed by atoms with van der Waals surface area (Å²) in [5, 5.41) is 0. The lowest BCUT2D eigenvalue weighted by atomic mass is 10.0. The van der Waals surface area contributed by atoms with Gasteiger partial charge in [-0.15, -0.1) is 0 Å². The molecule has 3 rings (SSSR count). The fourth-order valence-electron chi connectivity index (χ4n) is 2.88. The molecule has 0 radical (unpaired) electrons. The molecule has 2 aromatic rings. The van der Waals surface area contributed by atoms with Crippen molar-refractivity contribution in [2.24, 2.45) is 0 Å². The van der Waals surface area contributed by atoms with Gasteiger partial charge < -0.3 is 9.32 Å². The number of amides is 1. The molecule has 1 saturated heterocycles. The van der Waals surface area contributed by atoms with Crippen LogP contribution in [0.2, 0.25) is 0 Å². The summed E-state index contributed by atoms with van der Waals surface area (Å²) in [6.45, 7) is 0.403. The molecule has 0 saturated carbocycles. The lowest BCUT2D eigenvalue weighted by Crippen LogP contribution is -2.37. The van der Waals surface area contributed by atoms with E-state index >= 15 is 0 Å². The van der Waals surface area contributed by atoms with E-state index in [1.807, 2.05) is 0 Å². The van der Waals surface area contributed by atoms with Gasteiger partial charge in [0, 0.05) is 24.2 Å². The predicted octanol–water partition coefficient (Wildman–Crippen LogP) is 3.75. The number of piperidine rings is 1. The van der Waals surface area contributed by atoms with Gasteiger partial charge in [-0.2, -0.15) is 21.6 Å². The number of halogens is 3. The Morgan fingerprint density at radius 3 is 2.64 bits per heavy atom. The van der Waals surface area contributed by atoms with Gasteiger partial charge in [0.1, 0.15) is 0 Å². The Morgan fingerprint density at radius 1 is 1.21 bits per heavy atom. The van der Waals surface area contributed by atoms with Crippen LogP contribution in [0.5, 0.6) is 0 Å². The minimum Gasteiger partial charge on any atom is -0.472 e. The number of carbonyl (C=O) groups excluding carboxylic acids is 1. The van der Waals surface area contributed by atoms with Crippen LogP contribution in [0.3, 0.4) is 0 Å². The molecule has 1 fully saturated rings. The number of sulfonamides is 1. The maximum absolute atomic E-state index is 12.7. The summed E-state index contributed by atoms with van der Waals surface area (Å²) >= 11 is 0. The van der Waals surface area contributed by atoms with Crippen molar-refractivity contribution >= 4 is 27.7 Å². The molecule has 150 valence electrons. The second-order valence-corrected chi connectivity index (χ2v) is 7.94. The first kappa shape index (κ1) is 20.0. The molecule has 6 nitrogen and oxygen atoms in total. The number of likely N-dealkylation sites (tertiary alicyclic amines) is 1. The van der Waals surface area contributed by atoms with Crippen molar-refractivity contribution in [3.05, 3.63) is 59.6 Å². The van der Waals surface area contributed by atoms with E-state index in [9.17, 15) is 26.4 Å². The summed E-state index contributed by atoms with van der Waals surface area (Å²) < 4.78 is 67.4. The zero-order chi connectivity index (χ0) is 20.4. The molecule has 0 aliphatic carbocycles. The van der Waals surface area contributed by atoms with Crippen molar-refractivity contribution in [3.8, 4) is 0 Å². The Balaban J connectivity index is 1.81. The SMILES string of the molecule is O=C1/C(=C/c2ccoc2)CCCN1Cc1ccccc1NS(=O)(=O)C(F)(F)F. The van der Waals surface area contributed by atoms with Crippen molar-refractivity contribution in [2.75, 3.05) is 11.3 Å². The highest BCUT2D eigenvalue weighted by Crippen LogP contribution is 2.29. The number of carbonyl (C=O) groups is 1. The van der Waals surface area contributed by atoms with E-state index in [1.54, 1.807) is 22.9 Å². The Kier molecular flexibility index (Phi) is 5.50. The van der Waals surface area contributed by atoms with Gasteiger partial charge in [-0.25, -0.2) is 0 Å². The Labute approximate surface area is 159 Å². The maximum atomic E-state index is 12.7. The zero-order valence-electron chi connectivity index (χ0n) is 14.6. The average molecular weight is 414 g/mol. The van der Waals surface area contributed by atoms with Gasteiger partial charge in [-0.05, 0) is 36.6 Å². The molecule has 1 N–H and O–H groups in total. The van der Waals surface area contributed by atoms with Crippen LogP contribution < -0.4 is 4.72 Å². The first-order valence-electron chi connectivity index (χ1n) is 8.36. The minimum atomic E-state index is -5.55. The molecule has 1 aliphatic heterocycles. The molecule has 0 bridgehead atoms. The third-order valence-corrected chi connectivity index (χ3v) is 5.35. The maximum Gasteiger partial charge on any atom is 0.516 e. The second-order valence-electron chi connectivity index (χ2n) is 6.26. The summed E-state index contributed by atoms with van der Waals surface area (Å²) in [5.41, 5.74) is -4.07. The predicted molar refractivity (Wildman–Crippen MR) is 96.4 cm³/mol. The summed E-state index contributed by atoms with van der Waals surface area (Å²) in [4.78, 5) is 14.2. The van der Waals surface area contributed by atoms with Gasteiger partial charge in [0.2, 0.25) is 5.91 Å². The largest absolute Gasteiger partial charge is 0.516 e. The molecule has 28 heavy (non-hydrogen) atoms. The highest BCUT2D eigenvalue weighted by molar-refractivity contribution is 7.93. The first-order valence-corrected chi connectivity index (χ1v) is 9.85. The summed E-state index contributed by atoms with van der Waals surface area (Å²) in [6, 6.07) is 7.41. The number of benzene rings is 1. The van der Waals surface area contributed by atoms with E-state index in [0.717, 1.165) is 5.56 Å². The highest BCUT2D eigenvalue weighted by Gasteiger charge is 2.46. The van der Waals surface area contributed by atoms with E-state index < -0.39 is 15.5 Å². The molecule has 1 aliphatic rings. The molecule has 0 unspecified atom stereocenters. The monoisotopic (exact) mass is 414 g/mol. The normalized spacial score (nSPS) is 17.2. The second kappa shape index (κ2) is 7.70. The van der Waals surface area contributed by atoms with Crippen molar-refractivity contribution in [1.29, 1.82) is 0 Å². The number of para-hydroxylation sites is 1. The quantitative estimate of drug-likeness (QED) is 0.756. The molecule has 1 amide bonds. The fraction of sp³-hybridized carbons (Fsp3) is 0.278. The van der Waals surface area contributed by atoms with Crippen molar-refractivity contribution in [3.63, 3.8) is 0 Å². The molecule has 1 aromatic carbocycles. The number of nitrogens with one attached hydrogen (secondary N) is 1. The zero-order valence-corrected chi connectivity index (χ0v) is 15.4. The van der Waals surface area contributed by atoms with E-state index in [1.165, 1.54) is 35.6 Å². The van der Waals surface area contributed by atoms with Crippen molar-refractivity contribution < 1.29 is 30.8 Å². The van der Waals surface area contributed by atoms with Crippen molar-refractivity contribution in [1.82, 2.24) is 4.90 Å². The first-order chi connectivity index (χ1) is 13.2. The molecule has 1 aromatic heterocycles. The minimum absolute atomic E-state index is 0.0158. The number of alkyl halides is 3. The van der Waals surface area contributed by atoms with E-state index in [0.29, 0.717) is 25.0 Å². The highest BCUT2D eigenvalue weighted by atomic mass is 32.2. The summed E-state index contributed by atoms with van der Waals surface area (Å²) in [5.74, 6) is -0.249. The van der Waals surface area contributed by atoms with Crippen LogP contribution in [0.25, 0.3) is 6.08 Å². The fourth-order valence-corrected chi connectivity index (χ4v) is 3.49. The summed E-state index contributed by atoms with van der Waals surface area (Å²) in [7, 11) is -5.55. The molecular weight excluding hydrogens is 397 g/mol. The Bertz CT molecular complexity index is 983. The molecule has 2 heterocycles. The van der Waals surface area contributed by atoms with Crippen LogP contribution in [0, 0.1) is 0 Å². The van der Waals surface area contributed by atoms with Gasteiger partial charge in [0.25, 0.3) is 0 Å². The molecular formula is C18H17F3N2O4S.